The molecular weight excluding hydrogens is 292 g/mol. The first kappa shape index (κ1) is 16.2. The van der Waals surface area contributed by atoms with Crippen molar-refractivity contribution in [3.05, 3.63) is 24.0 Å². The minimum Gasteiger partial charge on any atom is -0.493 e. The van der Waals surface area contributed by atoms with Gasteiger partial charge in [0.05, 0.1) is 6.61 Å². The van der Waals surface area contributed by atoms with E-state index >= 15 is 0 Å². The molecule has 1 aromatic heterocycles. The topological polar surface area (TPSA) is 51.7 Å². The predicted octanol–water partition coefficient (Wildman–Crippen LogP) is 2.58. The van der Waals surface area contributed by atoms with E-state index in [0.717, 1.165) is 63.2 Å². The predicted molar refractivity (Wildman–Crippen MR) is 87.4 cm³/mol. The van der Waals surface area contributed by atoms with Crippen molar-refractivity contribution in [1.82, 2.24) is 9.88 Å². The Morgan fingerprint density at radius 3 is 2.87 bits per heavy atom. The highest BCUT2D eigenvalue weighted by molar-refractivity contribution is 5.81. The number of aromatic nitrogens is 1. The molecule has 1 unspecified atom stereocenters. The minimum atomic E-state index is -0.198. The molecule has 0 aliphatic carbocycles. The van der Waals surface area contributed by atoms with E-state index < -0.39 is 0 Å². The van der Waals surface area contributed by atoms with Crippen molar-refractivity contribution in [2.45, 2.75) is 45.1 Å². The summed E-state index contributed by atoms with van der Waals surface area (Å²) < 4.78 is 11.5. The number of nitrogens with zero attached hydrogens (tertiary/aromatic N) is 2. The lowest BCUT2D eigenvalue weighted by molar-refractivity contribution is -0.148. The molecule has 5 nitrogen and oxygen atoms in total. The molecule has 3 rings (SSSR count). The van der Waals surface area contributed by atoms with Gasteiger partial charge in [0, 0.05) is 37.7 Å². The largest absolute Gasteiger partial charge is 0.493 e. The summed E-state index contributed by atoms with van der Waals surface area (Å²) in [6.45, 7) is 5.05. The molecule has 0 aromatic carbocycles. The second-order valence-electron chi connectivity index (χ2n) is 6.57. The van der Waals surface area contributed by atoms with Crippen molar-refractivity contribution in [2.75, 3.05) is 26.3 Å². The second-order valence-corrected chi connectivity index (χ2v) is 6.57. The number of likely N-dealkylation sites (tertiary alicyclic amines) is 1. The molecule has 0 spiro atoms. The van der Waals surface area contributed by atoms with Gasteiger partial charge in [-0.3, -0.25) is 9.78 Å². The number of amides is 1. The zero-order valence-electron chi connectivity index (χ0n) is 13.9. The van der Waals surface area contributed by atoms with E-state index in [0.29, 0.717) is 12.5 Å². The third-order valence-corrected chi connectivity index (χ3v) is 4.74. The highest BCUT2D eigenvalue weighted by atomic mass is 16.5. The molecule has 1 aromatic rings. The van der Waals surface area contributed by atoms with Gasteiger partial charge in [-0.15, -0.1) is 0 Å². The average Bonchev–Trinajstić information content (AvgIpc) is 2.61. The molecule has 1 amide bonds. The average molecular weight is 318 g/mol. The smallest absolute Gasteiger partial charge is 0.251 e. The molecule has 1 atom stereocenters. The SMILES string of the molecule is Cc1cc(OCC2CCN(C(=O)C3CCCCO3)CC2)ccn1. The van der Waals surface area contributed by atoms with Gasteiger partial charge in [-0.1, -0.05) is 0 Å². The summed E-state index contributed by atoms with van der Waals surface area (Å²) in [4.78, 5) is 18.6. The first-order valence-electron chi connectivity index (χ1n) is 8.68. The number of pyridine rings is 1. The molecule has 0 radical (unpaired) electrons. The number of piperidine rings is 1. The summed E-state index contributed by atoms with van der Waals surface area (Å²) in [6.07, 6.45) is 6.64. The van der Waals surface area contributed by atoms with Gasteiger partial charge in [0.2, 0.25) is 0 Å². The lowest BCUT2D eigenvalue weighted by Gasteiger charge is -2.35. The summed E-state index contributed by atoms with van der Waals surface area (Å²) in [5, 5.41) is 0. The molecule has 0 saturated carbocycles. The maximum absolute atomic E-state index is 12.4. The number of hydrogen-bond acceptors (Lipinski definition) is 4. The van der Waals surface area contributed by atoms with Crippen LogP contribution in [0.15, 0.2) is 18.3 Å². The van der Waals surface area contributed by atoms with E-state index in [1.165, 1.54) is 0 Å². The molecule has 23 heavy (non-hydrogen) atoms. The Morgan fingerprint density at radius 1 is 1.35 bits per heavy atom. The number of carbonyl (C=O) groups excluding carboxylic acids is 1. The van der Waals surface area contributed by atoms with Crippen LogP contribution in [0.1, 0.15) is 37.8 Å². The number of aryl methyl sites for hydroxylation is 1. The third-order valence-electron chi connectivity index (χ3n) is 4.74. The molecule has 2 aliphatic heterocycles. The van der Waals surface area contributed by atoms with Crippen molar-refractivity contribution >= 4 is 5.91 Å². The van der Waals surface area contributed by atoms with Crippen LogP contribution in [0, 0.1) is 12.8 Å². The third kappa shape index (κ3) is 4.44. The van der Waals surface area contributed by atoms with Gasteiger partial charge >= 0.3 is 0 Å². The van der Waals surface area contributed by atoms with Gasteiger partial charge < -0.3 is 14.4 Å². The molecule has 2 saturated heterocycles. The molecular formula is C18H26N2O3. The van der Waals surface area contributed by atoms with E-state index in [1.807, 2.05) is 24.0 Å². The van der Waals surface area contributed by atoms with Crippen molar-refractivity contribution in [3.63, 3.8) is 0 Å². The van der Waals surface area contributed by atoms with Gasteiger partial charge in [0.25, 0.3) is 5.91 Å². The van der Waals surface area contributed by atoms with E-state index in [9.17, 15) is 4.79 Å². The van der Waals surface area contributed by atoms with Crippen LogP contribution >= 0.6 is 0 Å². The van der Waals surface area contributed by atoms with Crippen LogP contribution in [0.25, 0.3) is 0 Å². The van der Waals surface area contributed by atoms with Crippen molar-refractivity contribution in [1.29, 1.82) is 0 Å². The van der Waals surface area contributed by atoms with Crippen LogP contribution < -0.4 is 4.74 Å². The van der Waals surface area contributed by atoms with Crippen LogP contribution in [-0.2, 0) is 9.53 Å². The molecule has 126 valence electrons. The fourth-order valence-electron chi connectivity index (χ4n) is 3.28. The Labute approximate surface area is 138 Å². The monoisotopic (exact) mass is 318 g/mol. The summed E-state index contributed by atoms with van der Waals surface area (Å²) in [5.41, 5.74) is 0.968. The Kier molecular flexibility index (Phi) is 5.49. The van der Waals surface area contributed by atoms with Crippen LogP contribution in [0.4, 0.5) is 0 Å². The lowest BCUT2D eigenvalue weighted by atomic mass is 9.97. The Balaban J connectivity index is 1.42. The van der Waals surface area contributed by atoms with Crippen molar-refractivity contribution < 1.29 is 14.3 Å². The van der Waals surface area contributed by atoms with Crippen LogP contribution in [-0.4, -0.2) is 48.2 Å². The summed E-state index contributed by atoms with van der Waals surface area (Å²) >= 11 is 0. The molecule has 0 bridgehead atoms. The van der Waals surface area contributed by atoms with Gasteiger partial charge in [-0.25, -0.2) is 0 Å². The van der Waals surface area contributed by atoms with Gasteiger partial charge in [0.15, 0.2) is 0 Å². The first-order valence-corrected chi connectivity index (χ1v) is 8.68. The van der Waals surface area contributed by atoms with Crippen LogP contribution in [0.5, 0.6) is 5.75 Å². The Bertz CT molecular complexity index is 521. The highest BCUT2D eigenvalue weighted by Gasteiger charge is 2.30. The van der Waals surface area contributed by atoms with E-state index in [-0.39, 0.29) is 12.0 Å². The van der Waals surface area contributed by atoms with Crippen LogP contribution in [0.3, 0.4) is 0 Å². The zero-order chi connectivity index (χ0) is 16.1. The van der Waals surface area contributed by atoms with E-state index in [4.69, 9.17) is 9.47 Å². The van der Waals surface area contributed by atoms with E-state index in [1.54, 1.807) is 6.20 Å². The molecule has 5 heteroatoms. The fourth-order valence-corrected chi connectivity index (χ4v) is 3.28. The number of rotatable bonds is 4. The summed E-state index contributed by atoms with van der Waals surface area (Å²) in [5.74, 6) is 1.58. The Hall–Kier alpha value is -1.62. The summed E-state index contributed by atoms with van der Waals surface area (Å²) in [7, 11) is 0. The van der Waals surface area contributed by atoms with E-state index in [2.05, 4.69) is 4.98 Å². The quantitative estimate of drug-likeness (QED) is 0.856. The standard InChI is InChI=1S/C18H26N2O3/c1-14-12-16(5-8-19-14)23-13-15-6-9-20(10-7-15)18(21)17-4-2-3-11-22-17/h5,8,12,15,17H,2-4,6-7,9-11,13H2,1H3. The number of ether oxygens (including phenoxy) is 2. The summed E-state index contributed by atoms with van der Waals surface area (Å²) in [6, 6.07) is 3.85. The Morgan fingerprint density at radius 2 is 2.17 bits per heavy atom. The maximum atomic E-state index is 12.4. The number of hydrogen-bond donors (Lipinski definition) is 0. The van der Waals surface area contributed by atoms with Crippen molar-refractivity contribution in [3.8, 4) is 5.75 Å². The lowest BCUT2D eigenvalue weighted by Crippen LogP contribution is -2.46. The van der Waals surface area contributed by atoms with Crippen molar-refractivity contribution in [2.24, 2.45) is 5.92 Å². The first-order chi connectivity index (χ1) is 11.2. The number of carbonyl (C=O) groups is 1. The molecule has 0 N–H and O–H groups in total. The zero-order valence-corrected chi connectivity index (χ0v) is 13.9. The van der Waals surface area contributed by atoms with Gasteiger partial charge in [-0.05, 0) is 51.0 Å². The second kappa shape index (κ2) is 7.77. The minimum absolute atomic E-state index is 0.189. The van der Waals surface area contributed by atoms with Gasteiger partial charge in [-0.2, -0.15) is 0 Å². The maximum Gasteiger partial charge on any atom is 0.251 e. The molecule has 2 aliphatic rings. The molecule has 2 fully saturated rings. The highest BCUT2D eigenvalue weighted by Crippen LogP contribution is 2.22. The fraction of sp³-hybridized carbons (Fsp3) is 0.667. The molecule has 3 heterocycles. The van der Waals surface area contributed by atoms with Gasteiger partial charge in [0.1, 0.15) is 11.9 Å². The van der Waals surface area contributed by atoms with Crippen LogP contribution in [0.2, 0.25) is 0 Å². The normalized spacial score (nSPS) is 22.8.